The van der Waals surface area contributed by atoms with E-state index in [1.807, 2.05) is 6.07 Å². The zero-order valence-electron chi connectivity index (χ0n) is 7.18. The van der Waals surface area contributed by atoms with Crippen molar-refractivity contribution in [2.45, 2.75) is 12.8 Å². The molecule has 0 atom stereocenters. The third kappa shape index (κ3) is 3.54. The highest BCUT2D eigenvalue weighted by atomic mass is 127. The lowest BCUT2D eigenvalue weighted by Gasteiger charge is -2.11. The summed E-state index contributed by atoms with van der Waals surface area (Å²) in [4.78, 5) is 3.57. The summed E-state index contributed by atoms with van der Waals surface area (Å²) in [5.74, 6) is -0.379. The van der Waals surface area contributed by atoms with E-state index < -0.39 is 6.36 Å². The van der Waals surface area contributed by atoms with Crippen LogP contribution >= 0.6 is 22.6 Å². The van der Waals surface area contributed by atoms with Gasteiger partial charge in [-0.15, -0.1) is 13.2 Å². The molecule has 0 unspecified atom stereocenters. The Kier molecular flexibility index (Phi) is 3.73. The van der Waals surface area contributed by atoms with Crippen molar-refractivity contribution in [3.05, 3.63) is 21.5 Å². The van der Waals surface area contributed by atoms with Crippen molar-refractivity contribution in [3.63, 3.8) is 0 Å². The summed E-state index contributed by atoms with van der Waals surface area (Å²) >= 11 is 1.69. The average molecular weight is 328 g/mol. The molecule has 1 rings (SSSR count). The van der Waals surface area contributed by atoms with E-state index in [-0.39, 0.29) is 15.7 Å². The van der Waals surface area contributed by atoms with Crippen LogP contribution < -0.4 is 4.74 Å². The molecule has 15 heavy (non-hydrogen) atoms. The molecular formula is C8H4F3IN2O. The molecule has 1 heterocycles. The Bertz CT molecular complexity index is 400. The Morgan fingerprint density at radius 3 is 2.67 bits per heavy atom. The minimum Gasteiger partial charge on any atom is -0.403 e. The van der Waals surface area contributed by atoms with Gasteiger partial charge in [-0.1, -0.05) is 0 Å². The normalized spacial score (nSPS) is 10.9. The van der Waals surface area contributed by atoms with Gasteiger partial charge >= 0.3 is 6.36 Å². The van der Waals surface area contributed by atoms with Gasteiger partial charge in [0, 0.05) is 11.8 Å². The standard InChI is InChI=1S/C8H4F3IN2O/c9-8(10,11)15-6-4-14-3-5(1-2-13)7(6)12/h3-4H,1H2. The van der Waals surface area contributed by atoms with Gasteiger partial charge in [0.05, 0.1) is 22.3 Å². The maximum atomic E-state index is 11.9. The van der Waals surface area contributed by atoms with Crippen molar-refractivity contribution in [1.29, 1.82) is 5.26 Å². The quantitative estimate of drug-likeness (QED) is 0.784. The van der Waals surface area contributed by atoms with Gasteiger partial charge in [-0.3, -0.25) is 4.98 Å². The van der Waals surface area contributed by atoms with Gasteiger partial charge in [0.2, 0.25) is 0 Å². The third-order valence-corrected chi connectivity index (χ3v) is 2.64. The number of ether oxygens (including phenoxy) is 1. The molecule has 0 N–H and O–H groups in total. The summed E-state index contributed by atoms with van der Waals surface area (Å²) in [7, 11) is 0. The van der Waals surface area contributed by atoms with Crippen molar-refractivity contribution in [1.82, 2.24) is 4.98 Å². The van der Waals surface area contributed by atoms with E-state index in [1.54, 1.807) is 22.6 Å². The zero-order chi connectivity index (χ0) is 11.5. The van der Waals surface area contributed by atoms with Gasteiger partial charge in [0.25, 0.3) is 0 Å². The van der Waals surface area contributed by atoms with Crippen LogP contribution in [0.25, 0.3) is 0 Å². The van der Waals surface area contributed by atoms with Crippen LogP contribution in [0.5, 0.6) is 5.75 Å². The summed E-state index contributed by atoms with van der Waals surface area (Å²) in [5, 5.41) is 8.42. The highest BCUT2D eigenvalue weighted by Crippen LogP contribution is 2.28. The number of nitrogens with zero attached hydrogens (tertiary/aromatic N) is 2. The van der Waals surface area contributed by atoms with Gasteiger partial charge in [-0.05, 0) is 22.6 Å². The molecule has 0 aliphatic carbocycles. The fourth-order valence-corrected chi connectivity index (χ4v) is 1.45. The van der Waals surface area contributed by atoms with Crippen molar-refractivity contribution < 1.29 is 17.9 Å². The monoisotopic (exact) mass is 328 g/mol. The van der Waals surface area contributed by atoms with Gasteiger partial charge in [0.1, 0.15) is 0 Å². The summed E-state index contributed by atoms with van der Waals surface area (Å²) in [5.41, 5.74) is 0.417. The maximum absolute atomic E-state index is 11.9. The van der Waals surface area contributed by atoms with Gasteiger partial charge in [0.15, 0.2) is 5.75 Å². The molecule has 0 aliphatic rings. The second kappa shape index (κ2) is 4.65. The SMILES string of the molecule is N#CCc1cncc(OC(F)(F)F)c1I. The average Bonchev–Trinajstić information content (AvgIpc) is 2.10. The smallest absolute Gasteiger partial charge is 0.403 e. The summed E-state index contributed by atoms with van der Waals surface area (Å²) in [6.45, 7) is 0. The summed E-state index contributed by atoms with van der Waals surface area (Å²) in [6, 6.07) is 1.83. The van der Waals surface area contributed by atoms with Gasteiger partial charge < -0.3 is 4.74 Å². The van der Waals surface area contributed by atoms with Crippen LogP contribution in [0, 0.1) is 14.9 Å². The lowest BCUT2D eigenvalue weighted by molar-refractivity contribution is -0.275. The second-order valence-corrected chi connectivity index (χ2v) is 3.57. The first-order chi connectivity index (χ1) is 6.94. The number of rotatable bonds is 2. The van der Waals surface area contributed by atoms with Crippen LogP contribution in [0.15, 0.2) is 12.4 Å². The largest absolute Gasteiger partial charge is 0.573 e. The van der Waals surface area contributed by atoms with E-state index in [9.17, 15) is 13.2 Å². The summed E-state index contributed by atoms with van der Waals surface area (Å²) in [6.07, 6.45) is -2.43. The molecule has 3 nitrogen and oxygen atoms in total. The molecule has 0 bridgehead atoms. The lowest BCUT2D eigenvalue weighted by atomic mass is 10.2. The Labute approximate surface area is 97.0 Å². The molecule has 0 aromatic carbocycles. The van der Waals surface area contributed by atoms with Crippen LogP contribution in [0.2, 0.25) is 0 Å². The second-order valence-electron chi connectivity index (χ2n) is 2.49. The number of alkyl halides is 3. The highest BCUT2D eigenvalue weighted by molar-refractivity contribution is 14.1. The first-order valence-electron chi connectivity index (χ1n) is 3.69. The molecule has 0 fully saturated rings. The number of hydrogen-bond donors (Lipinski definition) is 0. The Balaban J connectivity index is 3.00. The number of hydrogen-bond acceptors (Lipinski definition) is 3. The minimum atomic E-state index is -4.74. The van der Waals surface area contributed by atoms with E-state index in [0.29, 0.717) is 5.56 Å². The van der Waals surface area contributed by atoms with Crippen LogP contribution in [0.1, 0.15) is 5.56 Å². The molecule has 0 spiro atoms. The minimum absolute atomic E-state index is 0.000328. The topological polar surface area (TPSA) is 45.9 Å². The number of aromatic nitrogens is 1. The molecule has 0 radical (unpaired) electrons. The first-order valence-corrected chi connectivity index (χ1v) is 4.77. The Morgan fingerprint density at radius 1 is 1.47 bits per heavy atom. The molecule has 0 saturated carbocycles. The van der Waals surface area contributed by atoms with Crippen LogP contribution in [-0.2, 0) is 6.42 Å². The maximum Gasteiger partial charge on any atom is 0.573 e. The lowest BCUT2D eigenvalue weighted by Crippen LogP contribution is -2.18. The molecule has 80 valence electrons. The fraction of sp³-hybridized carbons (Fsp3) is 0.250. The summed E-state index contributed by atoms with van der Waals surface area (Å²) < 4.78 is 39.8. The molecule has 0 saturated heterocycles. The van der Waals surface area contributed by atoms with E-state index in [2.05, 4.69) is 9.72 Å². The number of pyridine rings is 1. The van der Waals surface area contributed by atoms with Crippen molar-refractivity contribution in [2.24, 2.45) is 0 Å². The Morgan fingerprint density at radius 2 is 2.13 bits per heavy atom. The number of halogens is 4. The van der Waals surface area contributed by atoms with Gasteiger partial charge in [-0.2, -0.15) is 5.26 Å². The number of nitriles is 1. The molecular weight excluding hydrogens is 324 g/mol. The van der Waals surface area contributed by atoms with Crippen molar-refractivity contribution in [2.75, 3.05) is 0 Å². The van der Waals surface area contributed by atoms with Crippen molar-refractivity contribution in [3.8, 4) is 11.8 Å². The van der Waals surface area contributed by atoms with Crippen molar-refractivity contribution >= 4 is 22.6 Å². The van der Waals surface area contributed by atoms with Gasteiger partial charge in [-0.25, -0.2) is 0 Å². The third-order valence-electron chi connectivity index (χ3n) is 1.42. The van der Waals surface area contributed by atoms with Crippen LogP contribution in [0.3, 0.4) is 0 Å². The first kappa shape index (κ1) is 12.0. The predicted octanol–water partition coefficient (Wildman–Crippen LogP) is 2.65. The van der Waals surface area contributed by atoms with Crippen LogP contribution in [-0.4, -0.2) is 11.3 Å². The van der Waals surface area contributed by atoms with E-state index in [4.69, 9.17) is 5.26 Å². The highest BCUT2D eigenvalue weighted by Gasteiger charge is 2.32. The predicted molar refractivity (Wildman–Crippen MR) is 53.0 cm³/mol. The molecule has 7 heteroatoms. The molecule has 1 aromatic heterocycles. The Hall–Kier alpha value is -1.04. The zero-order valence-corrected chi connectivity index (χ0v) is 9.33. The molecule has 0 amide bonds. The van der Waals surface area contributed by atoms with E-state index in [0.717, 1.165) is 6.20 Å². The van der Waals surface area contributed by atoms with E-state index in [1.165, 1.54) is 6.20 Å². The van der Waals surface area contributed by atoms with E-state index >= 15 is 0 Å². The van der Waals surface area contributed by atoms with Crippen LogP contribution in [0.4, 0.5) is 13.2 Å². The molecule has 0 aliphatic heterocycles. The fourth-order valence-electron chi connectivity index (χ4n) is 0.871. The molecule has 1 aromatic rings.